The molecule has 0 aliphatic carbocycles. The van der Waals surface area contributed by atoms with E-state index in [9.17, 15) is 4.39 Å². The largest absolute Gasteiger partial charge is 0.376 e. The first kappa shape index (κ1) is 13.5. The third kappa shape index (κ3) is 2.90. The number of aryl methyl sites for hydroxylation is 1. The van der Waals surface area contributed by atoms with Gasteiger partial charge in [0, 0.05) is 12.6 Å². The van der Waals surface area contributed by atoms with Gasteiger partial charge in [0.2, 0.25) is 0 Å². The van der Waals surface area contributed by atoms with Crippen molar-refractivity contribution in [1.29, 1.82) is 0 Å². The summed E-state index contributed by atoms with van der Waals surface area (Å²) in [6.07, 6.45) is 2.16. The lowest BCUT2D eigenvalue weighted by Crippen LogP contribution is -2.42. The SMILES string of the molecule is CNC(Cc1cc(F)ccc1C)C1OCCC1C. The van der Waals surface area contributed by atoms with Crippen molar-refractivity contribution in [3.63, 3.8) is 0 Å². The molecule has 0 bridgehead atoms. The number of benzene rings is 1. The third-order valence-corrected chi connectivity index (χ3v) is 3.96. The summed E-state index contributed by atoms with van der Waals surface area (Å²) < 4.78 is 19.1. The van der Waals surface area contributed by atoms with Crippen LogP contribution in [-0.2, 0) is 11.2 Å². The smallest absolute Gasteiger partial charge is 0.123 e. The lowest BCUT2D eigenvalue weighted by atomic mass is 9.91. The second-order valence-electron chi connectivity index (χ2n) is 5.27. The Morgan fingerprint density at radius 3 is 2.89 bits per heavy atom. The Balaban J connectivity index is 2.12. The van der Waals surface area contributed by atoms with Crippen LogP contribution in [-0.4, -0.2) is 25.8 Å². The van der Waals surface area contributed by atoms with E-state index in [1.807, 2.05) is 20.0 Å². The second kappa shape index (κ2) is 5.81. The van der Waals surface area contributed by atoms with E-state index in [4.69, 9.17) is 4.74 Å². The number of likely N-dealkylation sites (N-methyl/N-ethyl adjacent to an activating group) is 1. The second-order valence-corrected chi connectivity index (χ2v) is 5.27. The van der Waals surface area contributed by atoms with E-state index in [1.165, 1.54) is 6.07 Å². The van der Waals surface area contributed by atoms with E-state index in [2.05, 4.69) is 12.2 Å². The van der Waals surface area contributed by atoms with Gasteiger partial charge in [-0.2, -0.15) is 0 Å². The first-order chi connectivity index (χ1) is 8.61. The molecule has 0 amide bonds. The van der Waals surface area contributed by atoms with E-state index >= 15 is 0 Å². The molecule has 1 aliphatic rings. The van der Waals surface area contributed by atoms with Crippen molar-refractivity contribution in [1.82, 2.24) is 5.32 Å². The summed E-state index contributed by atoms with van der Waals surface area (Å²) in [6, 6.07) is 5.25. The molecule has 1 heterocycles. The Bertz CT molecular complexity index is 407. The van der Waals surface area contributed by atoms with Gasteiger partial charge in [0.1, 0.15) is 5.82 Å². The summed E-state index contributed by atoms with van der Waals surface area (Å²) in [7, 11) is 1.95. The molecule has 1 aliphatic heterocycles. The lowest BCUT2D eigenvalue weighted by molar-refractivity contribution is 0.0633. The fourth-order valence-corrected chi connectivity index (χ4v) is 2.71. The zero-order valence-corrected chi connectivity index (χ0v) is 11.4. The van der Waals surface area contributed by atoms with Crippen LogP contribution >= 0.6 is 0 Å². The van der Waals surface area contributed by atoms with Gasteiger partial charge in [0.15, 0.2) is 0 Å². The molecule has 1 N–H and O–H groups in total. The normalized spacial score (nSPS) is 25.3. The van der Waals surface area contributed by atoms with Gasteiger partial charge in [-0.1, -0.05) is 13.0 Å². The summed E-state index contributed by atoms with van der Waals surface area (Å²) in [5.74, 6) is 0.405. The zero-order valence-electron chi connectivity index (χ0n) is 11.4. The maximum atomic E-state index is 13.3. The van der Waals surface area contributed by atoms with Crippen molar-refractivity contribution in [2.75, 3.05) is 13.7 Å². The number of hydrogen-bond donors (Lipinski definition) is 1. The minimum Gasteiger partial charge on any atom is -0.376 e. The fourth-order valence-electron chi connectivity index (χ4n) is 2.71. The van der Waals surface area contributed by atoms with Gasteiger partial charge in [0.25, 0.3) is 0 Å². The van der Waals surface area contributed by atoms with Crippen molar-refractivity contribution in [3.05, 3.63) is 35.1 Å². The highest BCUT2D eigenvalue weighted by atomic mass is 19.1. The summed E-state index contributed by atoms with van der Waals surface area (Å²) >= 11 is 0. The molecule has 3 heteroatoms. The molecular weight excluding hydrogens is 229 g/mol. The number of nitrogens with one attached hydrogen (secondary N) is 1. The molecule has 100 valence electrons. The van der Waals surface area contributed by atoms with E-state index in [1.54, 1.807) is 6.07 Å². The van der Waals surface area contributed by atoms with Gasteiger partial charge in [-0.25, -0.2) is 4.39 Å². The molecule has 18 heavy (non-hydrogen) atoms. The number of hydrogen-bond acceptors (Lipinski definition) is 2. The van der Waals surface area contributed by atoms with Crippen molar-refractivity contribution >= 4 is 0 Å². The molecule has 2 rings (SSSR count). The summed E-state index contributed by atoms with van der Waals surface area (Å²) in [5, 5.41) is 3.32. The Morgan fingerprint density at radius 2 is 2.28 bits per heavy atom. The van der Waals surface area contributed by atoms with Crippen LogP contribution in [0.5, 0.6) is 0 Å². The summed E-state index contributed by atoms with van der Waals surface area (Å²) in [5.41, 5.74) is 2.21. The van der Waals surface area contributed by atoms with E-state index in [0.29, 0.717) is 5.92 Å². The quantitative estimate of drug-likeness (QED) is 0.888. The predicted molar refractivity (Wildman–Crippen MR) is 71.2 cm³/mol. The standard InChI is InChI=1S/C15H22FNO/c1-10-4-5-13(16)8-12(10)9-14(17-3)15-11(2)6-7-18-15/h4-5,8,11,14-15,17H,6-7,9H2,1-3H3. The predicted octanol–water partition coefficient (Wildman–Crippen LogP) is 2.69. The van der Waals surface area contributed by atoms with Crippen LogP contribution in [0.2, 0.25) is 0 Å². The summed E-state index contributed by atoms with van der Waals surface area (Å²) in [6.45, 7) is 5.09. The Morgan fingerprint density at radius 1 is 1.50 bits per heavy atom. The first-order valence-electron chi connectivity index (χ1n) is 6.65. The molecule has 1 aromatic carbocycles. The van der Waals surface area contributed by atoms with Crippen molar-refractivity contribution < 1.29 is 9.13 Å². The minimum absolute atomic E-state index is 0.161. The molecule has 1 aromatic rings. The van der Waals surface area contributed by atoms with Gasteiger partial charge in [0.05, 0.1) is 6.10 Å². The molecule has 0 radical (unpaired) electrons. The maximum absolute atomic E-state index is 13.3. The van der Waals surface area contributed by atoms with Crippen LogP contribution in [0.25, 0.3) is 0 Å². The number of rotatable bonds is 4. The number of halogens is 1. The van der Waals surface area contributed by atoms with Crippen LogP contribution in [0.1, 0.15) is 24.5 Å². The highest BCUT2D eigenvalue weighted by Crippen LogP contribution is 2.25. The monoisotopic (exact) mass is 251 g/mol. The minimum atomic E-state index is -0.161. The van der Waals surface area contributed by atoms with Gasteiger partial charge in [-0.3, -0.25) is 0 Å². The van der Waals surface area contributed by atoms with Crippen LogP contribution in [0.4, 0.5) is 4.39 Å². The number of ether oxygens (including phenoxy) is 1. The molecule has 1 fully saturated rings. The van der Waals surface area contributed by atoms with Gasteiger partial charge < -0.3 is 10.1 Å². The van der Waals surface area contributed by atoms with Crippen LogP contribution in [0, 0.1) is 18.7 Å². The van der Waals surface area contributed by atoms with Crippen molar-refractivity contribution in [3.8, 4) is 0 Å². The highest BCUT2D eigenvalue weighted by molar-refractivity contribution is 5.27. The van der Waals surface area contributed by atoms with E-state index in [-0.39, 0.29) is 18.0 Å². The van der Waals surface area contributed by atoms with Crippen molar-refractivity contribution in [2.45, 2.75) is 38.8 Å². The third-order valence-electron chi connectivity index (χ3n) is 3.96. The molecule has 0 saturated carbocycles. The zero-order chi connectivity index (χ0) is 13.1. The average Bonchev–Trinajstić information content (AvgIpc) is 2.77. The van der Waals surface area contributed by atoms with Gasteiger partial charge >= 0.3 is 0 Å². The molecule has 3 atom stereocenters. The van der Waals surface area contributed by atoms with E-state index < -0.39 is 0 Å². The van der Waals surface area contributed by atoms with Crippen LogP contribution in [0.3, 0.4) is 0 Å². The van der Waals surface area contributed by atoms with Crippen LogP contribution < -0.4 is 5.32 Å². The average molecular weight is 251 g/mol. The van der Waals surface area contributed by atoms with Gasteiger partial charge in [-0.15, -0.1) is 0 Å². The Kier molecular flexibility index (Phi) is 4.36. The Hall–Kier alpha value is -0.930. The Labute approximate surface area is 109 Å². The molecule has 0 aromatic heterocycles. The first-order valence-corrected chi connectivity index (χ1v) is 6.65. The molecule has 3 unspecified atom stereocenters. The van der Waals surface area contributed by atoms with Gasteiger partial charge in [-0.05, 0) is 56.0 Å². The van der Waals surface area contributed by atoms with E-state index in [0.717, 1.165) is 30.6 Å². The van der Waals surface area contributed by atoms with Crippen molar-refractivity contribution in [2.24, 2.45) is 5.92 Å². The molecule has 2 nitrogen and oxygen atoms in total. The highest BCUT2D eigenvalue weighted by Gasteiger charge is 2.31. The maximum Gasteiger partial charge on any atom is 0.123 e. The lowest BCUT2D eigenvalue weighted by Gasteiger charge is -2.26. The summed E-state index contributed by atoms with van der Waals surface area (Å²) in [4.78, 5) is 0. The fraction of sp³-hybridized carbons (Fsp3) is 0.600. The molecular formula is C15H22FNO. The topological polar surface area (TPSA) is 21.3 Å². The molecule has 0 spiro atoms. The van der Waals surface area contributed by atoms with Crippen LogP contribution in [0.15, 0.2) is 18.2 Å². The molecule has 1 saturated heterocycles.